The number of carbonyl (C=O) groups excluding carboxylic acids is 1. The number of rotatable bonds is 5. The summed E-state index contributed by atoms with van der Waals surface area (Å²) >= 11 is 0. The standard InChI is InChI=1S/C21H23N3O/c1-15-9-10-16(2)19(11-15)13-21(25)22-20-12-17(3)23-24(20)14-18-7-5-4-6-8-18/h4-12H,13-14H2,1-3H3,(H,22,25). The lowest BCUT2D eigenvalue weighted by Gasteiger charge is -2.10. The van der Waals surface area contributed by atoms with Crippen molar-refractivity contribution in [3.8, 4) is 0 Å². The van der Waals surface area contributed by atoms with Crippen molar-refractivity contribution in [2.24, 2.45) is 0 Å². The first-order chi connectivity index (χ1) is 12.0. The molecule has 4 heteroatoms. The van der Waals surface area contributed by atoms with E-state index in [4.69, 9.17) is 0 Å². The Morgan fingerprint density at radius 2 is 1.80 bits per heavy atom. The number of anilines is 1. The van der Waals surface area contributed by atoms with Crippen molar-refractivity contribution in [3.05, 3.63) is 82.5 Å². The first-order valence-corrected chi connectivity index (χ1v) is 8.45. The molecular weight excluding hydrogens is 310 g/mol. The molecule has 2 aromatic carbocycles. The molecule has 0 saturated carbocycles. The van der Waals surface area contributed by atoms with E-state index in [1.54, 1.807) is 0 Å². The molecule has 1 amide bonds. The lowest BCUT2D eigenvalue weighted by Crippen LogP contribution is -2.18. The quantitative estimate of drug-likeness (QED) is 0.766. The highest BCUT2D eigenvalue weighted by molar-refractivity contribution is 5.91. The maximum Gasteiger partial charge on any atom is 0.229 e. The molecule has 0 atom stereocenters. The summed E-state index contributed by atoms with van der Waals surface area (Å²) in [4.78, 5) is 12.5. The van der Waals surface area contributed by atoms with E-state index in [9.17, 15) is 4.79 Å². The molecule has 1 aromatic heterocycles. The summed E-state index contributed by atoms with van der Waals surface area (Å²) in [5.74, 6) is 0.708. The van der Waals surface area contributed by atoms with Gasteiger partial charge in [-0.15, -0.1) is 0 Å². The number of aryl methyl sites for hydroxylation is 3. The molecule has 0 radical (unpaired) electrons. The van der Waals surface area contributed by atoms with Gasteiger partial charge in [-0.2, -0.15) is 5.10 Å². The Balaban J connectivity index is 1.74. The van der Waals surface area contributed by atoms with Crippen LogP contribution in [-0.4, -0.2) is 15.7 Å². The number of amides is 1. The Labute approximate surface area is 148 Å². The van der Waals surface area contributed by atoms with Crippen LogP contribution in [0, 0.1) is 20.8 Å². The van der Waals surface area contributed by atoms with Crippen LogP contribution in [0.5, 0.6) is 0 Å². The molecule has 1 heterocycles. The fourth-order valence-electron chi connectivity index (χ4n) is 2.87. The minimum absolute atomic E-state index is 0.0251. The van der Waals surface area contributed by atoms with Crippen molar-refractivity contribution in [2.75, 3.05) is 5.32 Å². The highest BCUT2D eigenvalue weighted by Gasteiger charge is 2.11. The molecule has 0 unspecified atom stereocenters. The molecule has 0 aliphatic rings. The molecule has 0 saturated heterocycles. The van der Waals surface area contributed by atoms with Crippen LogP contribution >= 0.6 is 0 Å². The van der Waals surface area contributed by atoms with E-state index in [-0.39, 0.29) is 5.91 Å². The molecule has 3 rings (SSSR count). The van der Waals surface area contributed by atoms with Crippen LogP contribution in [0.2, 0.25) is 0 Å². The maximum atomic E-state index is 12.5. The van der Waals surface area contributed by atoms with Crippen molar-refractivity contribution < 1.29 is 4.79 Å². The van der Waals surface area contributed by atoms with E-state index >= 15 is 0 Å². The number of hydrogen-bond donors (Lipinski definition) is 1. The third-order valence-corrected chi connectivity index (χ3v) is 4.20. The average Bonchev–Trinajstić information content (AvgIpc) is 2.91. The number of nitrogens with zero attached hydrogens (tertiary/aromatic N) is 2. The Morgan fingerprint density at radius 3 is 2.56 bits per heavy atom. The number of benzene rings is 2. The summed E-state index contributed by atoms with van der Waals surface area (Å²) in [7, 11) is 0. The van der Waals surface area contributed by atoms with Crippen molar-refractivity contribution in [2.45, 2.75) is 33.7 Å². The molecule has 0 fully saturated rings. The van der Waals surface area contributed by atoms with E-state index < -0.39 is 0 Å². The van der Waals surface area contributed by atoms with Gasteiger partial charge in [0.05, 0.1) is 18.7 Å². The van der Waals surface area contributed by atoms with E-state index in [1.165, 1.54) is 5.56 Å². The lowest BCUT2D eigenvalue weighted by molar-refractivity contribution is -0.115. The van der Waals surface area contributed by atoms with Gasteiger partial charge in [0.15, 0.2) is 0 Å². The summed E-state index contributed by atoms with van der Waals surface area (Å²) in [6, 6.07) is 18.2. The van der Waals surface area contributed by atoms with Gasteiger partial charge < -0.3 is 5.32 Å². The third kappa shape index (κ3) is 4.35. The Morgan fingerprint density at radius 1 is 1.04 bits per heavy atom. The zero-order valence-corrected chi connectivity index (χ0v) is 14.9. The first-order valence-electron chi connectivity index (χ1n) is 8.45. The van der Waals surface area contributed by atoms with Gasteiger partial charge in [-0.3, -0.25) is 4.79 Å². The van der Waals surface area contributed by atoms with Crippen molar-refractivity contribution in [1.29, 1.82) is 0 Å². The fourth-order valence-corrected chi connectivity index (χ4v) is 2.87. The molecule has 0 aliphatic heterocycles. The Bertz CT molecular complexity index is 881. The molecule has 0 spiro atoms. The first kappa shape index (κ1) is 17.0. The minimum Gasteiger partial charge on any atom is -0.311 e. The number of hydrogen-bond acceptors (Lipinski definition) is 2. The van der Waals surface area contributed by atoms with Gasteiger partial charge in [-0.25, -0.2) is 4.68 Å². The van der Waals surface area contributed by atoms with Gasteiger partial charge in [0.1, 0.15) is 5.82 Å². The monoisotopic (exact) mass is 333 g/mol. The normalized spacial score (nSPS) is 10.7. The van der Waals surface area contributed by atoms with Crippen LogP contribution in [0.1, 0.15) is 27.9 Å². The molecule has 25 heavy (non-hydrogen) atoms. The predicted octanol–water partition coefficient (Wildman–Crippen LogP) is 4.04. The Hall–Kier alpha value is -2.88. The second-order valence-corrected chi connectivity index (χ2v) is 6.47. The number of carbonyl (C=O) groups is 1. The molecule has 4 nitrogen and oxygen atoms in total. The zero-order chi connectivity index (χ0) is 17.8. The molecule has 1 N–H and O–H groups in total. The minimum atomic E-state index is -0.0251. The van der Waals surface area contributed by atoms with Crippen LogP contribution in [0.4, 0.5) is 5.82 Å². The SMILES string of the molecule is Cc1ccc(C)c(CC(=O)Nc2cc(C)nn2Cc2ccccc2)c1. The van der Waals surface area contributed by atoms with Gasteiger partial charge in [-0.1, -0.05) is 54.1 Å². The maximum absolute atomic E-state index is 12.5. The van der Waals surface area contributed by atoms with Crippen molar-refractivity contribution >= 4 is 11.7 Å². The third-order valence-electron chi connectivity index (χ3n) is 4.20. The fraction of sp³-hybridized carbons (Fsp3) is 0.238. The van der Waals surface area contributed by atoms with Crippen LogP contribution < -0.4 is 5.32 Å². The van der Waals surface area contributed by atoms with Gasteiger partial charge in [0.25, 0.3) is 0 Å². The highest BCUT2D eigenvalue weighted by Crippen LogP contribution is 2.15. The second-order valence-electron chi connectivity index (χ2n) is 6.47. The number of nitrogens with one attached hydrogen (secondary N) is 1. The lowest BCUT2D eigenvalue weighted by atomic mass is 10.0. The highest BCUT2D eigenvalue weighted by atomic mass is 16.1. The largest absolute Gasteiger partial charge is 0.311 e. The van der Waals surface area contributed by atoms with Gasteiger partial charge in [0, 0.05) is 6.07 Å². The van der Waals surface area contributed by atoms with E-state index in [1.807, 2.05) is 49.7 Å². The molecule has 0 aliphatic carbocycles. The molecule has 3 aromatic rings. The van der Waals surface area contributed by atoms with Gasteiger partial charge >= 0.3 is 0 Å². The van der Waals surface area contributed by atoms with Crippen LogP contribution in [0.3, 0.4) is 0 Å². The summed E-state index contributed by atoms with van der Waals surface area (Å²) in [5.41, 5.74) is 5.39. The van der Waals surface area contributed by atoms with Gasteiger partial charge in [-0.05, 0) is 37.5 Å². The van der Waals surface area contributed by atoms with Crippen molar-refractivity contribution in [1.82, 2.24) is 9.78 Å². The van der Waals surface area contributed by atoms with Gasteiger partial charge in [0.2, 0.25) is 5.91 Å². The summed E-state index contributed by atoms with van der Waals surface area (Å²) in [6.45, 7) is 6.64. The number of aromatic nitrogens is 2. The average molecular weight is 333 g/mol. The zero-order valence-electron chi connectivity index (χ0n) is 14.9. The van der Waals surface area contributed by atoms with Crippen LogP contribution in [0.25, 0.3) is 0 Å². The van der Waals surface area contributed by atoms with Crippen LogP contribution in [0.15, 0.2) is 54.6 Å². The van der Waals surface area contributed by atoms with E-state index in [2.05, 4.69) is 40.7 Å². The Kier molecular flexibility index (Phi) is 4.98. The predicted molar refractivity (Wildman–Crippen MR) is 101 cm³/mol. The molecule has 128 valence electrons. The molecular formula is C21H23N3O. The van der Waals surface area contributed by atoms with Crippen LogP contribution in [-0.2, 0) is 17.8 Å². The summed E-state index contributed by atoms with van der Waals surface area (Å²) in [6.07, 6.45) is 0.364. The van der Waals surface area contributed by atoms with E-state index in [0.717, 1.165) is 28.2 Å². The topological polar surface area (TPSA) is 46.9 Å². The summed E-state index contributed by atoms with van der Waals surface area (Å²) < 4.78 is 1.84. The van der Waals surface area contributed by atoms with Crippen molar-refractivity contribution in [3.63, 3.8) is 0 Å². The summed E-state index contributed by atoms with van der Waals surface area (Å²) in [5, 5.41) is 7.51. The second kappa shape index (κ2) is 7.34. The van der Waals surface area contributed by atoms with E-state index in [0.29, 0.717) is 13.0 Å². The smallest absolute Gasteiger partial charge is 0.229 e. The molecule has 0 bridgehead atoms.